The van der Waals surface area contributed by atoms with Gasteiger partial charge in [0.2, 0.25) is 5.91 Å². The number of amides is 1. The zero-order valence-electron chi connectivity index (χ0n) is 20.2. The summed E-state index contributed by atoms with van der Waals surface area (Å²) in [6, 6.07) is 3.37. The molecule has 3 N–H and O–H groups in total. The molecule has 4 heterocycles. The molecule has 0 saturated carbocycles. The summed E-state index contributed by atoms with van der Waals surface area (Å²) in [5.74, 6) is -1.28. The first-order valence-corrected chi connectivity index (χ1v) is 13.9. The molecule has 2 aliphatic heterocycles. The van der Waals surface area contributed by atoms with Crippen LogP contribution in [0.3, 0.4) is 0 Å². The maximum atomic E-state index is 13.5. The Balaban J connectivity index is 1.39. The van der Waals surface area contributed by atoms with Crippen molar-refractivity contribution in [1.29, 1.82) is 0 Å². The van der Waals surface area contributed by atoms with Gasteiger partial charge < -0.3 is 25.2 Å². The topological polar surface area (TPSA) is 156 Å². The Bertz CT molecular complexity index is 1370. The van der Waals surface area contributed by atoms with Crippen LogP contribution in [0.15, 0.2) is 30.6 Å². The van der Waals surface area contributed by atoms with E-state index in [-0.39, 0.29) is 19.4 Å². The second-order valence-corrected chi connectivity index (χ2v) is 11.1. The van der Waals surface area contributed by atoms with Crippen molar-refractivity contribution in [3.05, 3.63) is 41.7 Å². The van der Waals surface area contributed by atoms with Crippen LogP contribution in [0.25, 0.3) is 10.8 Å². The van der Waals surface area contributed by atoms with E-state index in [1.165, 1.54) is 22.4 Å². The lowest BCUT2D eigenvalue weighted by Gasteiger charge is -2.31. The van der Waals surface area contributed by atoms with Gasteiger partial charge >= 0.3 is 5.97 Å². The highest BCUT2D eigenvalue weighted by molar-refractivity contribution is 7.81. The summed E-state index contributed by atoms with van der Waals surface area (Å²) < 4.78 is 25.5. The van der Waals surface area contributed by atoms with Gasteiger partial charge in [0.1, 0.15) is 22.9 Å². The second-order valence-electron chi connectivity index (χ2n) is 9.31. The number of likely N-dealkylation sites (tertiary alicyclic amines) is 1. The fraction of sp³-hybridized carbons (Fsp3) is 0.417. The predicted molar refractivity (Wildman–Crippen MR) is 141 cm³/mol. The predicted octanol–water partition coefficient (Wildman–Crippen LogP) is 2.08. The summed E-state index contributed by atoms with van der Waals surface area (Å²) in [4.78, 5) is 37.6. The van der Waals surface area contributed by atoms with Crippen LogP contribution >= 0.6 is 11.3 Å². The highest BCUT2D eigenvalue weighted by Gasteiger charge is 2.43. The van der Waals surface area contributed by atoms with Gasteiger partial charge in [-0.1, -0.05) is 17.4 Å². The van der Waals surface area contributed by atoms with Crippen LogP contribution in [0, 0.1) is 6.92 Å². The summed E-state index contributed by atoms with van der Waals surface area (Å²) in [5.41, 5.74) is 7.58. The summed E-state index contributed by atoms with van der Waals surface area (Å²) in [7, 11) is 0. The number of carboxylic acid groups (broad SMARTS) is 1. The van der Waals surface area contributed by atoms with Gasteiger partial charge in [-0.25, -0.2) is 14.8 Å². The van der Waals surface area contributed by atoms with Crippen molar-refractivity contribution < 1.29 is 23.5 Å². The van der Waals surface area contributed by atoms with Gasteiger partial charge in [-0.05, 0) is 54.8 Å². The molecule has 2 aliphatic rings. The van der Waals surface area contributed by atoms with Crippen molar-refractivity contribution in [1.82, 2.24) is 14.9 Å². The number of pyridine rings is 1. The van der Waals surface area contributed by atoms with Crippen molar-refractivity contribution in [2.24, 2.45) is 0 Å². The molecule has 3 aromatic rings. The summed E-state index contributed by atoms with van der Waals surface area (Å²) in [5, 5.41) is 12.7. The monoisotopic (exact) mass is 543 g/mol. The minimum atomic E-state index is -2.73. The van der Waals surface area contributed by atoms with Crippen molar-refractivity contribution in [2.45, 2.75) is 44.7 Å². The quantitative estimate of drug-likeness (QED) is 0.406. The van der Waals surface area contributed by atoms with E-state index < -0.39 is 35.2 Å². The van der Waals surface area contributed by atoms with Crippen LogP contribution < -0.4 is 14.9 Å². The van der Waals surface area contributed by atoms with Crippen molar-refractivity contribution >= 4 is 61.2 Å². The maximum absolute atomic E-state index is 13.5. The van der Waals surface area contributed by atoms with E-state index in [2.05, 4.69) is 14.9 Å². The molecule has 2 fully saturated rings. The lowest BCUT2D eigenvalue weighted by atomic mass is 9.96. The van der Waals surface area contributed by atoms with E-state index in [1.54, 1.807) is 12.3 Å². The number of anilines is 3. The minimum Gasteiger partial charge on any atom is -0.755 e. The minimum absolute atomic E-state index is 0.0813. The normalized spacial score (nSPS) is 19.5. The lowest BCUT2D eigenvalue weighted by Crippen LogP contribution is -2.48. The molecule has 196 valence electrons. The van der Waals surface area contributed by atoms with Gasteiger partial charge in [0.25, 0.3) is 0 Å². The van der Waals surface area contributed by atoms with E-state index in [9.17, 15) is 23.5 Å². The lowest BCUT2D eigenvalue weighted by molar-refractivity contribution is -0.148. The summed E-state index contributed by atoms with van der Waals surface area (Å²) in [6.45, 7) is 3.72. The highest BCUT2D eigenvalue weighted by Crippen LogP contribution is 2.36. The van der Waals surface area contributed by atoms with Crippen molar-refractivity contribution in [3.8, 4) is 0 Å². The SMILES string of the molecule is Cc1cc2c(N)nccc2cc1C[C@H](C(=O)O)N1CC[C@H](N(c2cnc(N3CCCC3)s2)S(=O)[O-])C1=O. The van der Waals surface area contributed by atoms with Crippen molar-refractivity contribution in [2.75, 3.05) is 34.6 Å². The van der Waals surface area contributed by atoms with E-state index in [0.29, 0.717) is 10.8 Å². The zero-order valence-corrected chi connectivity index (χ0v) is 21.8. The number of benzene rings is 1. The Morgan fingerprint density at radius 2 is 2.08 bits per heavy atom. The molecule has 1 unspecified atom stereocenters. The Morgan fingerprint density at radius 3 is 2.78 bits per heavy atom. The molecule has 11 nitrogen and oxygen atoms in total. The standard InChI is InChI=1S/C24H28N6O5S2/c1-14-10-17-15(4-6-26-21(17)25)11-16(14)12-19(23(32)33)29-9-5-18(22(29)31)30(37(34)35)20-13-27-24(36-20)28-7-2-3-8-28/h4,6,10-11,13,18-19H,2-3,5,7-9,12H2,1H3,(H2,25,26)(H,32,33)(H,34,35)/p-1/t18-,19+/m0/s1. The molecule has 3 atom stereocenters. The van der Waals surface area contributed by atoms with Crippen LogP contribution in [0.5, 0.6) is 0 Å². The number of nitrogens with two attached hydrogens (primary N) is 1. The number of carbonyl (C=O) groups is 2. The molecular weight excluding hydrogens is 516 g/mol. The molecule has 13 heteroatoms. The van der Waals surface area contributed by atoms with E-state index in [4.69, 9.17) is 5.73 Å². The first-order valence-electron chi connectivity index (χ1n) is 12.0. The number of carbonyl (C=O) groups excluding carboxylic acids is 1. The number of aryl methyl sites for hydroxylation is 1. The van der Waals surface area contributed by atoms with Gasteiger partial charge in [0, 0.05) is 48.9 Å². The van der Waals surface area contributed by atoms with Gasteiger partial charge in [-0.3, -0.25) is 13.3 Å². The Kier molecular flexibility index (Phi) is 7.01. The van der Waals surface area contributed by atoms with Crippen LogP contribution in [-0.4, -0.2) is 72.3 Å². The second kappa shape index (κ2) is 10.2. The molecule has 1 amide bonds. The average Bonchev–Trinajstić information content (AvgIpc) is 3.61. The molecule has 1 aromatic carbocycles. The average molecular weight is 544 g/mol. The Hall–Kier alpha value is -3.29. The van der Waals surface area contributed by atoms with Crippen LogP contribution in [0.1, 0.15) is 30.4 Å². The third-order valence-electron chi connectivity index (χ3n) is 7.06. The molecule has 2 aromatic heterocycles. The summed E-state index contributed by atoms with van der Waals surface area (Å²) >= 11 is -1.51. The molecule has 37 heavy (non-hydrogen) atoms. The maximum Gasteiger partial charge on any atom is 0.326 e. The number of nitrogens with zero attached hydrogens (tertiary/aromatic N) is 5. The number of rotatable bonds is 8. The molecular formula is C24H27N6O5S2-. The van der Waals surface area contributed by atoms with Gasteiger partial charge in [-0.15, -0.1) is 0 Å². The van der Waals surface area contributed by atoms with Crippen LogP contribution in [0.4, 0.5) is 16.0 Å². The number of nitrogen functional groups attached to an aromatic ring is 1. The molecule has 0 radical (unpaired) electrons. The number of aliphatic carboxylic acids is 1. The first-order chi connectivity index (χ1) is 17.7. The number of fused-ring (bicyclic) bond motifs is 1. The van der Waals surface area contributed by atoms with Crippen LogP contribution in [-0.2, 0) is 27.3 Å². The van der Waals surface area contributed by atoms with E-state index in [1.807, 2.05) is 19.1 Å². The molecule has 2 saturated heterocycles. The molecule has 0 aliphatic carbocycles. The van der Waals surface area contributed by atoms with Gasteiger partial charge in [-0.2, -0.15) is 0 Å². The molecule has 5 rings (SSSR count). The number of hydrogen-bond acceptors (Lipinski definition) is 9. The number of aromatic nitrogens is 2. The van der Waals surface area contributed by atoms with Gasteiger partial charge in [0.05, 0.1) is 6.20 Å². The smallest absolute Gasteiger partial charge is 0.326 e. The zero-order chi connectivity index (χ0) is 26.3. The first kappa shape index (κ1) is 25.4. The van der Waals surface area contributed by atoms with E-state index in [0.717, 1.165) is 57.3 Å². The molecule has 0 bridgehead atoms. The Morgan fingerprint density at radius 1 is 1.32 bits per heavy atom. The third kappa shape index (κ3) is 4.86. The molecule has 0 spiro atoms. The number of thiazole rings is 1. The van der Waals surface area contributed by atoms with Crippen LogP contribution in [0.2, 0.25) is 0 Å². The number of hydrogen-bond donors (Lipinski definition) is 2. The van der Waals surface area contributed by atoms with E-state index >= 15 is 0 Å². The number of carboxylic acids is 1. The van der Waals surface area contributed by atoms with Crippen molar-refractivity contribution in [3.63, 3.8) is 0 Å². The third-order valence-corrected chi connectivity index (χ3v) is 9.00. The Labute approximate surface area is 220 Å². The largest absolute Gasteiger partial charge is 0.755 e. The highest BCUT2D eigenvalue weighted by atomic mass is 32.2. The summed E-state index contributed by atoms with van der Waals surface area (Å²) in [6.07, 6.45) is 5.44. The van der Waals surface area contributed by atoms with Gasteiger partial charge in [0.15, 0.2) is 5.13 Å². The fourth-order valence-electron chi connectivity index (χ4n) is 5.12. The fourth-order valence-corrected chi connectivity index (χ4v) is 6.93.